The first-order chi connectivity index (χ1) is 10.3. The van der Waals surface area contributed by atoms with Gasteiger partial charge in [0.15, 0.2) is 0 Å². The summed E-state index contributed by atoms with van der Waals surface area (Å²) in [6.07, 6.45) is 3.12. The number of ether oxygens (including phenoxy) is 1. The molecule has 2 aromatic rings. The van der Waals surface area contributed by atoms with Crippen LogP contribution in [-0.2, 0) is 0 Å². The monoisotopic (exact) mass is 320 g/mol. The number of nitrogen functional groups attached to an aromatic ring is 1. The van der Waals surface area contributed by atoms with Gasteiger partial charge in [0.05, 0.1) is 12.2 Å². The number of rotatable bonds is 6. The third-order valence-corrected chi connectivity index (χ3v) is 3.56. The van der Waals surface area contributed by atoms with E-state index in [1.165, 1.54) is 0 Å². The average Bonchev–Trinajstić information content (AvgIpc) is 2.44. The van der Waals surface area contributed by atoms with Gasteiger partial charge in [-0.3, -0.25) is 0 Å². The van der Waals surface area contributed by atoms with E-state index in [1.54, 1.807) is 32.2 Å². The van der Waals surface area contributed by atoms with Gasteiger partial charge >= 0.3 is 0 Å². The first-order valence-corrected chi connectivity index (χ1v) is 7.59. The van der Waals surface area contributed by atoms with Crippen LogP contribution in [0.5, 0.6) is 5.75 Å². The second-order valence-corrected chi connectivity index (χ2v) is 6.28. The minimum Gasteiger partial charge on any atom is -0.494 e. The Morgan fingerprint density at radius 2 is 2.05 bits per heavy atom. The molecular formula is C17H21ClN2O2. The molecule has 1 heterocycles. The van der Waals surface area contributed by atoms with Crippen LogP contribution in [0.25, 0.3) is 11.1 Å². The van der Waals surface area contributed by atoms with Gasteiger partial charge < -0.3 is 15.6 Å². The number of halogens is 1. The van der Waals surface area contributed by atoms with Crippen molar-refractivity contribution < 1.29 is 9.84 Å². The number of benzene rings is 1. The molecule has 0 radical (unpaired) electrons. The molecule has 1 aromatic carbocycles. The van der Waals surface area contributed by atoms with E-state index in [1.807, 2.05) is 18.2 Å². The Labute approximate surface area is 135 Å². The molecule has 0 amide bonds. The van der Waals surface area contributed by atoms with Gasteiger partial charge in [-0.25, -0.2) is 4.98 Å². The van der Waals surface area contributed by atoms with Gasteiger partial charge in [-0.15, -0.1) is 0 Å². The van der Waals surface area contributed by atoms with E-state index in [9.17, 15) is 5.11 Å². The van der Waals surface area contributed by atoms with E-state index in [0.717, 1.165) is 23.3 Å². The molecule has 0 bridgehead atoms. The number of nitrogens with zero attached hydrogens (tertiary/aromatic N) is 1. The second kappa shape index (κ2) is 6.99. The van der Waals surface area contributed by atoms with E-state index in [0.29, 0.717) is 23.9 Å². The van der Waals surface area contributed by atoms with Gasteiger partial charge in [0.25, 0.3) is 0 Å². The molecule has 0 saturated heterocycles. The van der Waals surface area contributed by atoms with Crippen molar-refractivity contribution >= 4 is 17.4 Å². The fourth-order valence-electron chi connectivity index (χ4n) is 2.13. The molecule has 0 saturated carbocycles. The predicted octanol–water partition coefficient (Wildman–Crippen LogP) is 3.91. The topological polar surface area (TPSA) is 68.4 Å². The van der Waals surface area contributed by atoms with Crippen molar-refractivity contribution in [1.82, 2.24) is 4.98 Å². The first-order valence-electron chi connectivity index (χ1n) is 7.22. The SMILES string of the molecule is CC(C)(O)CCCOc1ccc(Cl)c(-c2ccnc(N)c2)c1. The number of aliphatic hydroxyl groups is 1. The Morgan fingerprint density at radius 1 is 1.27 bits per heavy atom. The van der Waals surface area contributed by atoms with Crippen molar-refractivity contribution in [1.29, 1.82) is 0 Å². The minimum absolute atomic E-state index is 0.449. The molecule has 0 fully saturated rings. The Kier molecular flexibility index (Phi) is 5.27. The molecule has 1 aromatic heterocycles. The van der Waals surface area contributed by atoms with Crippen LogP contribution < -0.4 is 10.5 Å². The van der Waals surface area contributed by atoms with E-state index >= 15 is 0 Å². The number of hydrogen-bond donors (Lipinski definition) is 2. The molecule has 118 valence electrons. The summed E-state index contributed by atoms with van der Waals surface area (Å²) < 4.78 is 5.73. The lowest BCUT2D eigenvalue weighted by atomic mass is 10.0. The fourth-order valence-corrected chi connectivity index (χ4v) is 2.35. The number of pyridine rings is 1. The van der Waals surface area contributed by atoms with Gasteiger partial charge in [-0.05, 0) is 62.6 Å². The Bertz CT molecular complexity index is 639. The van der Waals surface area contributed by atoms with Gasteiger partial charge in [0, 0.05) is 16.8 Å². The fraction of sp³-hybridized carbons (Fsp3) is 0.353. The summed E-state index contributed by atoms with van der Waals surface area (Å²) in [5, 5.41) is 10.3. The molecular weight excluding hydrogens is 300 g/mol. The first kappa shape index (κ1) is 16.6. The summed E-state index contributed by atoms with van der Waals surface area (Å²) in [6.45, 7) is 4.13. The molecule has 0 unspecified atom stereocenters. The lowest BCUT2D eigenvalue weighted by Gasteiger charge is -2.17. The summed E-state index contributed by atoms with van der Waals surface area (Å²) in [7, 11) is 0. The third kappa shape index (κ3) is 4.90. The zero-order chi connectivity index (χ0) is 16.2. The van der Waals surface area contributed by atoms with Crippen LogP contribution in [0.1, 0.15) is 26.7 Å². The standard InChI is InChI=1S/C17H21ClN2O2/c1-17(2,21)7-3-9-22-13-4-5-15(18)14(11-13)12-6-8-20-16(19)10-12/h4-6,8,10-11,21H,3,7,9H2,1-2H3,(H2,19,20). The van der Waals surface area contributed by atoms with Crippen molar-refractivity contribution in [3.05, 3.63) is 41.6 Å². The molecule has 5 heteroatoms. The molecule has 0 aliphatic rings. The van der Waals surface area contributed by atoms with Crippen LogP contribution >= 0.6 is 11.6 Å². The van der Waals surface area contributed by atoms with Crippen molar-refractivity contribution in [2.75, 3.05) is 12.3 Å². The normalized spacial score (nSPS) is 11.5. The highest BCUT2D eigenvalue weighted by Gasteiger charge is 2.12. The van der Waals surface area contributed by atoms with Crippen LogP contribution in [0, 0.1) is 0 Å². The number of aromatic nitrogens is 1. The molecule has 0 spiro atoms. The third-order valence-electron chi connectivity index (χ3n) is 3.23. The zero-order valence-electron chi connectivity index (χ0n) is 12.8. The van der Waals surface area contributed by atoms with Crippen LogP contribution in [0.3, 0.4) is 0 Å². The summed E-state index contributed by atoms with van der Waals surface area (Å²) in [5.74, 6) is 1.19. The lowest BCUT2D eigenvalue weighted by Crippen LogP contribution is -2.19. The molecule has 0 aliphatic heterocycles. The number of nitrogens with two attached hydrogens (primary N) is 1. The van der Waals surface area contributed by atoms with E-state index in [2.05, 4.69) is 4.98 Å². The maximum atomic E-state index is 9.68. The maximum Gasteiger partial charge on any atom is 0.123 e. The van der Waals surface area contributed by atoms with E-state index in [-0.39, 0.29) is 0 Å². The lowest BCUT2D eigenvalue weighted by molar-refractivity contribution is 0.0641. The minimum atomic E-state index is -0.664. The van der Waals surface area contributed by atoms with E-state index < -0.39 is 5.60 Å². The number of hydrogen-bond acceptors (Lipinski definition) is 4. The molecule has 0 aliphatic carbocycles. The van der Waals surface area contributed by atoms with Crippen molar-refractivity contribution in [3.63, 3.8) is 0 Å². The van der Waals surface area contributed by atoms with Crippen LogP contribution in [0.4, 0.5) is 5.82 Å². The quantitative estimate of drug-likeness (QED) is 0.792. The maximum absolute atomic E-state index is 9.68. The van der Waals surface area contributed by atoms with Crippen molar-refractivity contribution in [3.8, 4) is 16.9 Å². The van der Waals surface area contributed by atoms with Gasteiger partial charge in [0.1, 0.15) is 11.6 Å². The van der Waals surface area contributed by atoms with Gasteiger partial charge in [-0.1, -0.05) is 11.6 Å². The van der Waals surface area contributed by atoms with Gasteiger partial charge in [-0.2, -0.15) is 0 Å². The van der Waals surface area contributed by atoms with Crippen molar-refractivity contribution in [2.45, 2.75) is 32.3 Å². The summed E-state index contributed by atoms with van der Waals surface area (Å²) in [5.41, 5.74) is 6.81. The molecule has 0 atom stereocenters. The smallest absolute Gasteiger partial charge is 0.123 e. The van der Waals surface area contributed by atoms with E-state index in [4.69, 9.17) is 22.1 Å². The predicted molar refractivity (Wildman–Crippen MR) is 90.1 cm³/mol. The van der Waals surface area contributed by atoms with Crippen LogP contribution in [0.2, 0.25) is 5.02 Å². The second-order valence-electron chi connectivity index (χ2n) is 5.88. The summed E-state index contributed by atoms with van der Waals surface area (Å²) >= 11 is 6.25. The van der Waals surface area contributed by atoms with Crippen LogP contribution in [-0.4, -0.2) is 22.3 Å². The largest absolute Gasteiger partial charge is 0.494 e. The van der Waals surface area contributed by atoms with Crippen molar-refractivity contribution in [2.24, 2.45) is 0 Å². The molecule has 2 rings (SSSR count). The summed E-state index contributed by atoms with van der Waals surface area (Å²) in [6, 6.07) is 9.16. The highest BCUT2D eigenvalue weighted by Crippen LogP contribution is 2.32. The zero-order valence-corrected chi connectivity index (χ0v) is 13.6. The molecule has 4 nitrogen and oxygen atoms in total. The Hall–Kier alpha value is -1.78. The number of anilines is 1. The molecule has 3 N–H and O–H groups in total. The highest BCUT2D eigenvalue weighted by atomic mass is 35.5. The van der Waals surface area contributed by atoms with Gasteiger partial charge in [0.2, 0.25) is 0 Å². The highest BCUT2D eigenvalue weighted by molar-refractivity contribution is 6.33. The summed E-state index contributed by atoms with van der Waals surface area (Å²) in [4.78, 5) is 3.98. The molecule has 22 heavy (non-hydrogen) atoms. The van der Waals surface area contributed by atoms with Crippen LogP contribution in [0.15, 0.2) is 36.5 Å². The Morgan fingerprint density at radius 3 is 2.73 bits per heavy atom. The average molecular weight is 321 g/mol. The Balaban J connectivity index is 2.07.